The topological polar surface area (TPSA) is 52.6 Å². The van der Waals surface area contributed by atoms with Crippen molar-refractivity contribution in [3.05, 3.63) is 0 Å². The molecule has 1 N–H and O–H groups in total. The van der Waals surface area contributed by atoms with Gasteiger partial charge in [-0.05, 0) is 32.7 Å². The predicted octanol–water partition coefficient (Wildman–Crippen LogP) is -0.0684. The molecule has 0 aromatic heterocycles. The number of nitrogens with zero attached hydrogens (tertiary/aromatic N) is 2. The highest BCUT2D eigenvalue weighted by Gasteiger charge is 2.34. The third-order valence-electron chi connectivity index (χ3n) is 5.13. The van der Waals surface area contributed by atoms with Gasteiger partial charge in [0.15, 0.2) is 9.84 Å². The number of nitrogens with one attached hydrogen (secondary N) is 1. The molecule has 0 aliphatic carbocycles. The summed E-state index contributed by atoms with van der Waals surface area (Å²) in [7, 11) is -2.76. The molecule has 3 aliphatic heterocycles. The zero-order valence-corrected chi connectivity index (χ0v) is 13.2. The molecule has 0 saturated carbocycles. The van der Waals surface area contributed by atoms with Gasteiger partial charge < -0.3 is 5.32 Å². The second-order valence-corrected chi connectivity index (χ2v) is 8.92. The smallest absolute Gasteiger partial charge is 0.151 e. The zero-order chi connectivity index (χ0) is 14.2. The molecule has 0 radical (unpaired) electrons. The van der Waals surface area contributed by atoms with E-state index in [1.54, 1.807) is 0 Å². The monoisotopic (exact) mass is 301 g/mol. The molecule has 3 heterocycles. The van der Waals surface area contributed by atoms with Gasteiger partial charge in [0.25, 0.3) is 0 Å². The summed E-state index contributed by atoms with van der Waals surface area (Å²) < 4.78 is 22.9. The van der Waals surface area contributed by atoms with Crippen molar-refractivity contribution in [1.82, 2.24) is 15.1 Å². The van der Waals surface area contributed by atoms with Crippen molar-refractivity contribution < 1.29 is 8.42 Å². The lowest BCUT2D eigenvalue weighted by atomic mass is 10.1. The molecular formula is C14H27N3O2S. The maximum atomic E-state index is 11.4. The van der Waals surface area contributed by atoms with E-state index in [2.05, 4.69) is 22.0 Å². The molecular weight excluding hydrogens is 274 g/mol. The van der Waals surface area contributed by atoms with Gasteiger partial charge in [-0.25, -0.2) is 8.42 Å². The van der Waals surface area contributed by atoms with E-state index in [9.17, 15) is 8.42 Å². The third-order valence-corrected chi connectivity index (χ3v) is 6.90. The molecule has 3 unspecified atom stereocenters. The minimum Gasteiger partial charge on any atom is -0.312 e. The quantitative estimate of drug-likeness (QED) is 0.788. The largest absolute Gasteiger partial charge is 0.312 e. The average molecular weight is 301 g/mol. The molecule has 0 aromatic rings. The maximum absolute atomic E-state index is 11.4. The minimum absolute atomic E-state index is 0.183. The second kappa shape index (κ2) is 5.91. The number of rotatable bonds is 4. The first-order valence-corrected chi connectivity index (χ1v) is 9.77. The fourth-order valence-electron chi connectivity index (χ4n) is 3.93. The lowest BCUT2D eigenvalue weighted by Crippen LogP contribution is -2.56. The SMILES string of the molecule is CC1CN2CCCC2CN1CCNC1CCS(=O)(=O)C1. The van der Waals surface area contributed by atoms with Crippen molar-refractivity contribution >= 4 is 9.84 Å². The van der Waals surface area contributed by atoms with Crippen LogP contribution >= 0.6 is 0 Å². The van der Waals surface area contributed by atoms with Crippen molar-refractivity contribution in [2.75, 3.05) is 44.2 Å². The number of sulfone groups is 1. The van der Waals surface area contributed by atoms with Crippen LogP contribution < -0.4 is 5.32 Å². The highest BCUT2D eigenvalue weighted by atomic mass is 32.2. The highest BCUT2D eigenvalue weighted by molar-refractivity contribution is 7.91. The van der Waals surface area contributed by atoms with Crippen LogP contribution in [-0.2, 0) is 9.84 Å². The minimum atomic E-state index is -2.76. The molecule has 116 valence electrons. The van der Waals surface area contributed by atoms with Crippen LogP contribution in [0, 0.1) is 0 Å². The van der Waals surface area contributed by atoms with Gasteiger partial charge in [0.05, 0.1) is 11.5 Å². The molecule has 0 spiro atoms. The van der Waals surface area contributed by atoms with Crippen molar-refractivity contribution in [1.29, 1.82) is 0 Å². The van der Waals surface area contributed by atoms with Crippen LogP contribution in [0.2, 0.25) is 0 Å². The maximum Gasteiger partial charge on any atom is 0.151 e. The predicted molar refractivity (Wildman–Crippen MR) is 80.7 cm³/mol. The molecule has 3 fully saturated rings. The summed E-state index contributed by atoms with van der Waals surface area (Å²) in [4.78, 5) is 5.21. The fourth-order valence-corrected chi connectivity index (χ4v) is 5.64. The van der Waals surface area contributed by atoms with E-state index in [0.29, 0.717) is 17.5 Å². The van der Waals surface area contributed by atoms with Gasteiger partial charge in [-0.3, -0.25) is 9.80 Å². The van der Waals surface area contributed by atoms with Crippen LogP contribution in [0.5, 0.6) is 0 Å². The lowest BCUT2D eigenvalue weighted by molar-refractivity contribution is 0.0600. The first-order valence-electron chi connectivity index (χ1n) is 7.95. The van der Waals surface area contributed by atoms with Crippen LogP contribution in [0.25, 0.3) is 0 Å². The molecule has 3 aliphatic rings. The molecule has 0 bridgehead atoms. The van der Waals surface area contributed by atoms with E-state index < -0.39 is 9.84 Å². The van der Waals surface area contributed by atoms with Crippen LogP contribution in [0.4, 0.5) is 0 Å². The van der Waals surface area contributed by atoms with Crippen molar-refractivity contribution in [2.24, 2.45) is 0 Å². The molecule has 20 heavy (non-hydrogen) atoms. The Hall–Kier alpha value is -0.170. The number of piperazine rings is 1. The molecule has 5 nitrogen and oxygen atoms in total. The van der Waals surface area contributed by atoms with E-state index in [1.165, 1.54) is 32.5 Å². The summed E-state index contributed by atoms with van der Waals surface area (Å²) in [5.74, 6) is 0.695. The molecule has 0 aromatic carbocycles. The van der Waals surface area contributed by atoms with Crippen LogP contribution in [0.1, 0.15) is 26.2 Å². The van der Waals surface area contributed by atoms with Crippen LogP contribution in [0.15, 0.2) is 0 Å². The van der Waals surface area contributed by atoms with E-state index in [4.69, 9.17) is 0 Å². The first-order chi connectivity index (χ1) is 9.53. The van der Waals surface area contributed by atoms with Crippen molar-refractivity contribution in [2.45, 2.75) is 44.3 Å². The standard InChI is InChI=1S/C14H27N3O2S/c1-12-9-17-6-2-3-14(17)10-16(12)7-5-15-13-4-8-20(18,19)11-13/h12-15H,2-11H2,1H3. The number of hydrogen-bond acceptors (Lipinski definition) is 5. The van der Waals surface area contributed by atoms with Crippen molar-refractivity contribution in [3.63, 3.8) is 0 Å². The Labute approximate surface area is 122 Å². The van der Waals surface area contributed by atoms with Crippen molar-refractivity contribution in [3.8, 4) is 0 Å². The van der Waals surface area contributed by atoms with Gasteiger partial charge in [-0.2, -0.15) is 0 Å². The highest BCUT2D eigenvalue weighted by Crippen LogP contribution is 2.24. The molecule has 3 saturated heterocycles. The molecule has 0 amide bonds. The summed E-state index contributed by atoms with van der Waals surface area (Å²) in [6.45, 7) is 7.93. The molecule has 3 atom stereocenters. The van der Waals surface area contributed by atoms with E-state index in [1.807, 2.05) is 0 Å². The summed E-state index contributed by atoms with van der Waals surface area (Å²) in [5, 5.41) is 3.43. The molecule has 3 rings (SSSR count). The summed E-state index contributed by atoms with van der Waals surface area (Å²) >= 11 is 0. The third kappa shape index (κ3) is 3.35. The van der Waals surface area contributed by atoms with Gasteiger partial charge in [0.2, 0.25) is 0 Å². The van der Waals surface area contributed by atoms with E-state index >= 15 is 0 Å². The van der Waals surface area contributed by atoms with Gasteiger partial charge in [0.1, 0.15) is 0 Å². The van der Waals surface area contributed by atoms with E-state index in [0.717, 1.165) is 25.6 Å². The Bertz CT molecular complexity index is 440. The zero-order valence-electron chi connectivity index (χ0n) is 12.4. The van der Waals surface area contributed by atoms with E-state index in [-0.39, 0.29) is 6.04 Å². The second-order valence-electron chi connectivity index (χ2n) is 6.69. The molecule has 6 heteroatoms. The Balaban J connectivity index is 1.42. The first kappa shape index (κ1) is 14.8. The van der Waals surface area contributed by atoms with Gasteiger partial charge in [-0.1, -0.05) is 0 Å². The fraction of sp³-hybridized carbons (Fsp3) is 1.00. The lowest BCUT2D eigenvalue weighted by Gasteiger charge is -2.42. The van der Waals surface area contributed by atoms with Gasteiger partial charge in [0, 0.05) is 44.3 Å². The Morgan fingerprint density at radius 3 is 2.85 bits per heavy atom. The summed E-state index contributed by atoms with van der Waals surface area (Å²) in [6.07, 6.45) is 3.48. The van der Waals surface area contributed by atoms with Gasteiger partial charge >= 0.3 is 0 Å². The Morgan fingerprint density at radius 2 is 2.10 bits per heavy atom. The van der Waals surface area contributed by atoms with Crippen LogP contribution in [0.3, 0.4) is 0 Å². The average Bonchev–Trinajstić information content (AvgIpc) is 2.95. The van der Waals surface area contributed by atoms with Crippen LogP contribution in [-0.4, -0.2) is 80.6 Å². The Morgan fingerprint density at radius 1 is 1.25 bits per heavy atom. The number of fused-ring (bicyclic) bond motifs is 1. The summed E-state index contributed by atoms with van der Waals surface area (Å²) in [6, 6.07) is 1.57. The number of hydrogen-bond donors (Lipinski definition) is 1. The van der Waals surface area contributed by atoms with Gasteiger partial charge in [-0.15, -0.1) is 0 Å². The normalized spacial score (nSPS) is 38.1. The Kier molecular flexibility index (Phi) is 4.36. The summed E-state index contributed by atoms with van der Waals surface area (Å²) in [5.41, 5.74) is 0.